The number of aryl methyl sites for hydroxylation is 2. The first-order valence-corrected chi connectivity index (χ1v) is 7.25. The minimum Gasteiger partial charge on any atom is -0.455 e. The molecule has 0 aliphatic rings. The molecule has 1 aromatic carbocycles. The lowest BCUT2D eigenvalue weighted by atomic mass is 10.3. The normalized spacial score (nSPS) is 10.7. The summed E-state index contributed by atoms with van der Waals surface area (Å²) in [7, 11) is 1.75. The van der Waals surface area contributed by atoms with Crippen LogP contribution in [0.1, 0.15) is 21.7 Å². The highest BCUT2D eigenvalue weighted by Gasteiger charge is 2.15. The standard InChI is InChI=1S/C15H14ClN5O2/c1-10-14(8-20(2)18-10)15(22)23-9-12-7-21(19-17-12)13-5-3-11(16)4-6-13/h3-8H,9H2,1-2H3. The van der Waals surface area contributed by atoms with Crippen LogP contribution in [0.2, 0.25) is 5.02 Å². The number of carbonyl (C=O) groups is 1. The van der Waals surface area contributed by atoms with E-state index in [1.165, 1.54) is 0 Å². The van der Waals surface area contributed by atoms with Crippen molar-refractivity contribution in [2.24, 2.45) is 7.05 Å². The molecular formula is C15H14ClN5O2. The zero-order valence-corrected chi connectivity index (χ0v) is 13.4. The van der Waals surface area contributed by atoms with Gasteiger partial charge in [0.05, 0.1) is 17.6 Å². The van der Waals surface area contributed by atoms with Crippen LogP contribution in [0.4, 0.5) is 0 Å². The summed E-state index contributed by atoms with van der Waals surface area (Å²) < 4.78 is 8.41. The summed E-state index contributed by atoms with van der Waals surface area (Å²) >= 11 is 5.85. The molecule has 118 valence electrons. The third-order valence-corrected chi connectivity index (χ3v) is 3.47. The maximum absolute atomic E-state index is 12.0. The highest BCUT2D eigenvalue weighted by atomic mass is 35.5. The Morgan fingerprint density at radius 3 is 2.65 bits per heavy atom. The Labute approximate surface area is 137 Å². The summed E-state index contributed by atoms with van der Waals surface area (Å²) in [6.07, 6.45) is 3.33. The maximum Gasteiger partial charge on any atom is 0.342 e. The van der Waals surface area contributed by atoms with Gasteiger partial charge in [0.25, 0.3) is 0 Å². The second kappa shape index (κ2) is 6.21. The molecule has 0 amide bonds. The molecule has 0 bridgehead atoms. The third kappa shape index (κ3) is 3.40. The second-order valence-electron chi connectivity index (χ2n) is 5.01. The number of carbonyl (C=O) groups excluding carboxylic acids is 1. The minimum atomic E-state index is -0.434. The van der Waals surface area contributed by atoms with Crippen molar-refractivity contribution in [2.75, 3.05) is 0 Å². The number of nitrogens with zero attached hydrogens (tertiary/aromatic N) is 5. The van der Waals surface area contributed by atoms with Crippen molar-refractivity contribution < 1.29 is 9.53 Å². The van der Waals surface area contributed by atoms with E-state index in [4.69, 9.17) is 16.3 Å². The first-order chi connectivity index (χ1) is 11.0. The van der Waals surface area contributed by atoms with Crippen LogP contribution in [0.25, 0.3) is 5.69 Å². The molecule has 0 saturated heterocycles. The summed E-state index contributed by atoms with van der Waals surface area (Å²) in [6.45, 7) is 1.80. The summed E-state index contributed by atoms with van der Waals surface area (Å²) in [4.78, 5) is 12.0. The lowest BCUT2D eigenvalue weighted by molar-refractivity contribution is 0.0466. The molecule has 0 spiro atoms. The van der Waals surface area contributed by atoms with Gasteiger partial charge in [-0.3, -0.25) is 4.68 Å². The van der Waals surface area contributed by atoms with Gasteiger partial charge < -0.3 is 4.74 Å². The van der Waals surface area contributed by atoms with Gasteiger partial charge in [0.2, 0.25) is 0 Å². The predicted molar refractivity (Wildman–Crippen MR) is 83.4 cm³/mol. The molecule has 3 aromatic rings. The molecule has 3 rings (SSSR count). The van der Waals surface area contributed by atoms with Crippen LogP contribution in [-0.2, 0) is 18.4 Å². The largest absolute Gasteiger partial charge is 0.455 e. The van der Waals surface area contributed by atoms with Crippen molar-refractivity contribution in [2.45, 2.75) is 13.5 Å². The van der Waals surface area contributed by atoms with Gasteiger partial charge in [-0.25, -0.2) is 9.48 Å². The number of hydrogen-bond acceptors (Lipinski definition) is 5. The quantitative estimate of drug-likeness (QED) is 0.686. The van der Waals surface area contributed by atoms with Crippen molar-refractivity contribution in [3.63, 3.8) is 0 Å². The van der Waals surface area contributed by atoms with Crippen molar-refractivity contribution >= 4 is 17.6 Å². The fourth-order valence-electron chi connectivity index (χ4n) is 2.10. The molecule has 0 fully saturated rings. The lowest BCUT2D eigenvalue weighted by Crippen LogP contribution is -2.06. The van der Waals surface area contributed by atoms with Crippen LogP contribution in [0.3, 0.4) is 0 Å². The van der Waals surface area contributed by atoms with Gasteiger partial charge in [-0.05, 0) is 31.2 Å². The zero-order chi connectivity index (χ0) is 16.4. The smallest absolute Gasteiger partial charge is 0.342 e. The topological polar surface area (TPSA) is 74.8 Å². The van der Waals surface area contributed by atoms with Gasteiger partial charge in [0, 0.05) is 18.3 Å². The number of halogens is 1. The number of ether oxygens (including phenoxy) is 1. The van der Waals surface area contributed by atoms with Crippen LogP contribution in [0, 0.1) is 6.92 Å². The van der Waals surface area contributed by atoms with Crippen LogP contribution < -0.4 is 0 Å². The molecule has 7 nitrogen and oxygen atoms in total. The van der Waals surface area contributed by atoms with Gasteiger partial charge in [-0.2, -0.15) is 5.10 Å². The zero-order valence-electron chi connectivity index (χ0n) is 12.6. The first-order valence-electron chi connectivity index (χ1n) is 6.87. The van der Waals surface area contributed by atoms with E-state index < -0.39 is 5.97 Å². The highest BCUT2D eigenvalue weighted by Crippen LogP contribution is 2.13. The molecule has 0 saturated carbocycles. The molecule has 0 aliphatic heterocycles. The van der Waals surface area contributed by atoms with E-state index in [-0.39, 0.29) is 6.61 Å². The number of benzene rings is 1. The van der Waals surface area contributed by atoms with Crippen LogP contribution in [0.5, 0.6) is 0 Å². The molecule has 2 heterocycles. The Balaban J connectivity index is 1.66. The predicted octanol–water partition coefficient (Wildman–Crippen LogP) is 2.32. The van der Waals surface area contributed by atoms with Gasteiger partial charge in [-0.15, -0.1) is 5.10 Å². The second-order valence-corrected chi connectivity index (χ2v) is 5.45. The Kier molecular flexibility index (Phi) is 4.12. The average Bonchev–Trinajstić information content (AvgIpc) is 3.12. The van der Waals surface area contributed by atoms with E-state index >= 15 is 0 Å². The molecule has 0 aliphatic carbocycles. The fraction of sp³-hybridized carbons (Fsp3) is 0.200. The van der Waals surface area contributed by atoms with Crippen molar-refractivity contribution in [3.05, 3.63) is 58.6 Å². The van der Waals surface area contributed by atoms with E-state index in [0.717, 1.165) is 5.69 Å². The minimum absolute atomic E-state index is 0.0424. The summed E-state index contributed by atoms with van der Waals surface area (Å²) in [6, 6.07) is 7.19. The van der Waals surface area contributed by atoms with Crippen LogP contribution in [-0.4, -0.2) is 30.7 Å². The van der Waals surface area contributed by atoms with Crippen molar-refractivity contribution in [1.29, 1.82) is 0 Å². The molecule has 0 N–H and O–H groups in total. The van der Waals surface area contributed by atoms with Gasteiger partial charge in [-0.1, -0.05) is 16.8 Å². The molecule has 8 heteroatoms. The Morgan fingerprint density at radius 2 is 2.00 bits per heavy atom. The van der Waals surface area contributed by atoms with E-state index in [1.807, 2.05) is 12.1 Å². The molecule has 23 heavy (non-hydrogen) atoms. The summed E-state index contributed by atoms with van der Waals surface area (Å²) in [5, 5.41) is 12.8. The molecule has 0 unspecified atom stereocenters. The molecular weight excluding hydrogens is 318 g/mol. The number of aromatic nitrogens is 5. The monoisotopic (exact) mass is 331 g/mol. The highest BCUT2D eigenvalue weighted by molar-refractivity contribution is 6.30. The van der Waals surface area contributed by atoms with E-state index in [0.29, 0.717) is 22.0 Å². The Bertz CT molecular complexity index is 838. The summed E-state index contributed by atoms with van der Waals surface area (Å²) in [5.74, 6) is -0.434. The van der Waals surface area contributed by atoms with Crippen LogP contribution in [0.15, 0.2) is 36.7 Å². The Hall–Kier alpha value is -2.67. The number of hydrogen-bond donors (Lipinski definition) is 0. The van der Waals surface area contributed by atoms with E-state index in [2.05, 4.69) is 15.4 Å². The van der Waals surface area contributed by atoms with Gasteiger partial charge in [0.1, 0.15) is 17.9 Å². The van der Waals surface area contributed by atoms with E-state index in [9.17, 15) is 4.79 Å². The van der Waals surface area contributed by atoms with E-state index in [1.54, 1.807) is 47.9 Å². The maximum atomic E-state index is 12.0. The van der Waals surface area contributed by atoms with Gasteiger partial charge in [0.15, 0.2) is 0 Å². The SMILES string of the molecule is Cc1nn(C)cc1C(=O)OCc1cn(-c2ccc(Cl)cc2)nn1. The molecule has 0 atom stereocenters. The number of rotatable bonds is 4. The van der Waals surface area contributed by atoms with Crippen molar-refractivity contribution in [1.82, 2.24) is 24.8 Å². The molecule has 0 radical (unpaired) electrons. The van der Waals surface area contributed by atoms with Crippen molar-refractivity contribution in [3.8, 4) is 5.69 Å². The van der Waals surface area contributed by atoms with Gasteiger partial charge >= 0.3 is 5.97 Å². The average molecular weight is 332 g/mol. The lowest BCUT2D eigenvalue weighted by Gasteiger charge is -2.01. The number of esters is 1. The fourth-order valence-corrected chi connectivity index (χ4v) is 2.23. The Morgan fingerprint density at radius 1 is 1.26 bits per heavy atom. The van der Waals surface area contributed by atoms with Crippen LogP contribution >= 0.6 is 11.6 Å². The third-order valence-electron chi connectivity index (χ3n) is 3.22. The first kappa shape index (κ1) is 15.2. The summed E-state index contributed by atoms with van der Waals surface area (Å²) in [5.41, 5.74) is 2.44. The molecule has 2 aromatic heterocycles.